The number of ether oxygens (including phenoxy) is 2. The molecule has 0 spiro atoms. The Morgan fingerprint density at radius 3 is 2.37 bits per heavy atom. The molecule has 6 heteroatoms. The van der Waals surface area contributed by atoms with Gasteiger partial charge >= 0.3 is 0 Å². The molecule has 1 amide bonds. The molecule has 0 aromatic carbocycles. The maximum atomic E-state index is 12.2. The summed E-state index contributed by atoms with van der Waals surface area (Å²) in [5.74, 6) is 0.0770. The van der Waals surface area contributed by atoms with Crippen molar-refractivity contribution in [2.75, 3.05) is 61.1 Å². The highest BCUT2D eigenvalue weighted by Crippen LogP contribution is 2.03. The number of carbonyl (C=O) groups is 1. The van der Waals surface area contributed by atoms with Gasteiger partial charge in [0, 0.05) is 33.9 Å². The average molecular weight is 275 g/mol. The fourth-order valence-electron chi connectivity index (χ4n) is 1.73. The molecule has 0 fully saturated rings. The van der Waals surface area contributed by atoms with Crippen molar-refractivity contribution < 1.29 is 14.3 Å². The molecule has 0 aliphatic heterocycles. The third-order valence-corrected chi connectivity index (χ3v) is 2.95. The first-order chi connectivity index (χ1) is 9.04. The van der Waals surface area contributed by atoms with Gasteiger partial charge in [-0.2, -0.15) is 0 Å². The largest absolute Gasteiger partial charge is 0.383 e. The van der Waals surface area contributed by atoms with Crippen LogP contribution in [0.4, 0.5) is 0 Å². The Morgan fingerprint density at radius 2 is 1.89 bits per heavy atom. The first-order valence-corrected chi connectivity index (χ1v) is 6.69. The Labute approximate surface area is 116 Å². The summed E-state index contributed by atoms with van der Waals surface area (Å²) in [6.45, 7) is 3.22. The maximum Gasteiger partial charge on any atom is 0.225 e. The highest BCUT2D eigenvalue weighted by atomic mass is 16.5. The summed E-state index contributed by atoms with van der Waals surface area (Å²) in [5, 5.41) is 0. The van der Waals surface area contributed by atoms with E-state index in [0.29, 0.717) is 26.1 Å². The zero-order valence-corrected chi connectivity index (χ0v) is 12.7. The molecule has 114 valence electrons. The van der Waals surface area contributed by atoms with Crippen molar-refractivity contribution in [2.45, 2.75) is 18.9 Å². The predicted molar refractivity (Wildman–Crippen MR) is 76.1 cm³/mol. The number of carbonyl (C=O) groups excluding carboxylic acids is 1. The van der Waals surface area contributed by atoms with Gasteiger partial charge in [-0.1, -0.05) is 0 Å². The second kappa shape index (κ2) is 11.2. The molecule has 1 atom stereocenters. The van der Waals surface area contributed by atoms with E-state index in [2.05, 4.69) is 4.90 Å². The molecule has 6 nitrogen and oxygen atoms in total. The smallest absolute Gasteiger partial charge is 0.225 e. The van der Waals surface area contributed by atoms with E-state index < -0.39 is 0 Å². The number of methoxy groups -OCH3 is 2. The number of rotatable bonds is 11. The van der Waals surface area contributed by atoms with E-state index >= 15 is 0 Å². The summed E-state index contributed by atoms with van der Waals surface area (Å²) in [5.41, 5.74) is 5.54. The van der Waals surface area contributed by atoms with Crippen LogP contribution in [-0.4, -0.2) is 82.9 Å². The molecule has 0 aliphatic carbocycles. The molecule has 0 aromatic heterocycles. The number of nitrogens with zero attached hydrogens (tertiary/aromatic N) is 2. The molecule has 19 heavy (non-hydrogen) atoms. The van der Waals surface area contributed by atoms with Crippen LogP contribution in [0.25, 0.3) is 0 Å². The van der Waals surface area contributed by atoms with Gasteiger partial charge in [0.1, 0.15) is 0 Å². The summed E-state index contributed by atoms with van der Waals surface area (Å²) in [4.78, 5) is 16.1. The first-order valence-electron chi connectivity index (χ1n) is 6.69. The molecule has 0 saturated heterocycles. The molecule has 0 bridgehead atoms. The fraction of sp³-hybridized carbons (Fsp3) is 0.923. The van der Waals surface area contributed by atoms with Crippen LogP contribution in [0.2, 0.25) is 0 Å². The lowest BCUT2D eigenvalue weighted by molar-refractivity contribution is -0.134. The Balaban J connectivity index is 4.25. The Kier molecular flexibility index (Phi) is 10.8. The van der Waals surface area contributed by atoms with Gasteiger partial charge in [-0.3, -0.25) is 4.79 Å². The normalized spacial score (nSPS) is 12.7. The molecular weight excluding hydrogens is 246 g/mol. The molecule has 2 N–H and O–H groups in total. The third kappa shape index (κ3) is 8.93. The van der Waals surface area contributed by atoms with Crippen LogP contribution in [-0.2, 0) is 14.3 Å². The summed E-state index contributed by atoms with van der Waals surface area (Å²) < 4.78 is 10.2. The molecule has 1 unspecified atom stereocenters. The van der Waals surface area contributed by atoms with Crippen LogP contribution in [0, 0.1) is 0 Å². The lowest BCUT2D eigenvalue weighted by Crippen LogP contribution is -2.39. The average Bonchev–Trinajstić information content (AvgIpc) is 2.39. The molecule has 0 radical (unpaired) electrons. The van der Waals surface area contributed by atoms with Gasteiger partial charge in [0.2, 0.25) is 5.91 Å². The van der Waals surface area contributed by atoms with Gasteiger partial charge < -0.3 is 25.0 Å². The predicted octanol–water partition coefficient (Wildman–Crippen LogP) is -0.223. The van der Waals surface area contributed by atoms with Gasteiger partial charge in [-0.25, -0.2) is 0 Å². The van der Waals surface area contributed by atoms with E-state index in [1.807, 2.05) is 19.0 Å². The van der Waals surface area contributed by atoms with Crippen LogP contribution in [0.15, 0.2) is 0 Å². The van der Waals surface area contributed by atoms with Gasteiger partial charge in [-0.15, -0.1) is 0 Å². The highest BCUT2D eigenvalue weighted by Gasteiger charge is 2.17. The summed E-state index contributed by atoms with van der Waals surface area (Å²) in [6, 6.07) is 0. The van der Waals surface area contributed by atoms with Crippen molar-refractivity contribution in [1.29, 1.82) is 0 Å². The maximum absolute atomic E-state index is 12.2. The van der Waals surface area contributed by atoms with Gasteiger partial charge in [-0.05, 0) is 27.1 Å². The number of hydrogen-bond acceptors (Lipinski definition) is 5. The zero-order chi connectivity index (χ0) is 14.7. The van der Waals surface area contributed by atoms with E-state index in [1.165, 1.54) is 0 Å². The monoisotopic (exact) mass is 275 g/mol. The van der Waals surface area contributed by atoms with E-state index in [4.69, 9.17) is 15.2 Å². The molecule has 0 saturated carbocycles. The summed E-state index contributed by atoms with van der Waals surface area (Å²) >= 11 is 0. The van der Waals surface area contributed by atoms with E-state index in [0.717, 1.165) is 19.5 Å². The van der Waals surface area contributed by atoms with Crippen LogP contribution in [0.5, 0.6) is 0 Å². The fourth-order valence-corrected chi connectivity index (χ4v) is 1.73. The zero-order valence-electron chi connectivity index (χ0n) is 12.7. The quantitative estimate of drug-likeness (QED) is 0.564. The van der Waals surface area contributed by atoms with Crippen molar-refractivity contribution in [3.63, 3.8) is 0 Å². The van der Waals surface area contributed by atoms with Crippen molar-refractivity contribution in [3.8, 4) is 0 Å². The molecular formula is C13H29N3O3. The minimum Gasteiger partial charge on any atom is -0.383 e. The van der Waals surface area contributed by atoms with Crippen molar-refractivity contribution in [1.82, 2.24) is 9.80 Å². The van der Waals surface area contributed by atoms with E-state index in [9.17, 15) is 4.79 Å². The standard InChI is InChI=1S/C13H29N3O3/c1-15(2)6-5-7-16(8-9-18-3)13(17)10-12(11-14)19-4/h12H,5-11,14H2,1-4H3. The minimum atomic E-state index is -0.202. The molecule has 0 aromatic rings. The molecule has 0 aliphatic rings. The number of nitrogens with two attached hydrogens (primary N) is 1. The second-order valence-corrected chi connectivity index (χ2v) is 4.83. The Morgan fingerprint density at radius 1 is 1.21 bits per heavy atom. The topological polar surface area (TPSA) is 68.0 Å². The molecule has 0 heterocycles. The van der Waals surface area contributed by atoms with E-state index in [-0.39, 0.29) is 12.0 Å². The number of hydrogen-bond donors (Lipinski definition) is 1. The Hall–Kier alpha value is -0.690. The summed E-state index contributed by atoms with van der Waals surface area (Å²) in [6.07, 6.45) is 1.08. The first kappa shape index (κ1) is 18.3. The van der Waals surface area contributed by atoms with E-state index in [1.54, 1.807) is 14.2 Å². The van der Waals surface area contributed by atoms with Crippen LogP contribution < -0.4 is 5.73 Å². The lowest BCUT2D eigenvalue weighted by Gasteiger charge is -2.25. The summed E-state index contributed by atoms with van der Waals surface area (Å²) in [7, 11) is 7.27. The number of amides is 1. The highest BCUT2D eigenvalue weighted by molar-refractivity contribution is 5.76. The lowest BCUT2D eigenvalue weighted by atomic mass is 10.2. The SMILES string of the molecule is COCCN(CCCN(C)C)C(=O)CC(CN)OC. The van der Waals surface area contributed by atoms with Crippen LogP contribution in [0.3, 0.4) is 0 Å². The minimum absolute atomic E-state index is 0.0770. The van der Waals surface area contributed by atoms with Gasteiger partial charge in [0.25, 0.3) is 0 Å². The van der Waals surface area contributed by atoms with Crippen molar-refractivity contribution in [2.24, 2.45) is 5.73 Å². The molecule has 0 rings (SSSR count). The van der Waals surface area contributed by atoms with Crippen LogP contribution >= 0.6 is 0 Å². The third-order valence-electron chi connectivity index (χ3n) is 2.95. The van der Waals surface area contributed by atoms with Crippen molar-refractivity contribution in [3.05, 3.63) is 0 Å². The second-order valence-electron chi connectivity index (χ2n) is 4.83. The van der Waals surface area contributed by atoms with Gasteiger partial charge in [0.15, 0.2) is 0 Å². The Bertz CT molecular complexity index is 233. The van der Waals surface area contributed by atoms with Crippen LogP contribution in [0.1, 0.15) is 12.8 Å². The van der Waals surface area contributed by atoms with Crippen molar-refractivity contribution >= 4 is 5.91 Å². The van der Waals surface area contributed by atoms with Gasteiger partial charge in [0.05, 0.1) is 19.1 Å².